The molecule has 1 unspecified atom stereocenters. The summed E-state index contributed by atoms with van der Waals surface area (Å²) in [6.45, 7) is 8.28. The zero-order valence-electron chi connectivity index (χ0n) is 25.4. The maximum absolute atomic E-state index is 14.9. The molecule has 42 heavy (non-hydrogen) atoms. The van der Waals surface area contributed by atoms with Gasteiger partial charge in [-0.05, 0) is 63.4 Å². The minimum atomic E-state index is -4.13. The van der Waals surface area contributed by atoms with Crippen LogP contribution in [0.5, 0.6) is 0 Å². The number of anilines is 1. The smallest absolute Gasteiger partial charge is 0.304 e. The maximum Gasteiger partial charge on any atom is 0.304 e. The summed E-state index contributed by atoms with van der Waals surface area (Å²) in [6, 6.07) is 19.6. The average molecular weight is 597 g/mol. The molecule has 226 valence electrons. The highest BCUT2D eigenvalue weighted by molar-refractivity contribution is 7.90. The first-order chi connectivity index (χ1) is 19.6. The minimum absolute atomic E-state index is 0.146. The lowest BCUT2D eigenvalue weighted by Gasteiger charge is -2.36. The molecular weight excluding hydrogens is 555 g/mol. The summed E-state index contributed by atoms with van der Waals surface area (Å²) >= 11 is 0. The largest absolute Gasteiger partial charge is 0.350 e. The lowest BCUT2D eigenvalue weighted by Crippen LogP contribution is -2.56. The molecule has 0 aliphatic heterocycles. The molecule has 3 rings (SSSR count). The summed E-state index contributed by atoms with van der Waals surface area (Å²) in [4.78, 5) is 29.4. The molecule has 1 N–H and O–H groups in total. The number of halogens is 1. The van der Waals surface area contributed by atoms with Crippen molar-refractivity contribution in [3.05, 3.63) is 101 Å². The highest BCUT2D eigenvalue weighted by Gasteiger charge is 2.36. The second-order valence-corrected chi connectivity index (χ2v) is 13.7. The lowest BCUT2D eigenvalue weighted by molar-refractivity contribution is -0.140. The van der Waals surface area contributed by atoms with E-state index in [-0.39, 0.29) is 18.5 Å². The zero-order valence-corrected chi connectivity index (χ0v) is 26.2. The number of hydrogen-bond donors (Lipinski definition) is 1. The van der Waals surface area contributed by atoms with Gasteiger partial charge in [-0.15, -0.1) is 0 Å². The minimum Gasteiger partial charge on any atom is -0.350 e. The Morgan fingerprint density at radius 2 is 1.55 bits per heavy atom. The van der Waals surface area contributed by atoms with E-state index in [1.165, 1.54) is 25.1 Å². The third kappa shape index (κ3) is 8.39. The molecule has 1 atom stereocenters. The number of carbonyl (C=O) groups excluding carboxylic acids is 2. The van der Waals surface area contributed by atoms with Gasteiger partial charge in [0.2, 0.25) is 11.8 Å². The summed E-state index contributed by atoms with van der Waals surface area (Å²) in [6.07, 6.45) is 0.146. The van der Waals surface area contributed by atoms with Crippen LogP contribution < -0.4 is 9.62 Å². The van der Waals surface area contributed by atoms with Crippen molar-refractivity contribution in [2.45, 2.75) is 59.2 Å². The molecule has 0 aromatic heterocycles. The van der Waals surface area contributed by atoms with Gasteiger partial charge < -0.3 is 10.2 Å². The van der Waals surface area contributed by atoms with Crippen LogP contribution in [-0.4, -0.2) is 61.7 Å². The molecule has 0 heterocycles. The molecular formula is C32H41FN4O4S. The number of nitrogens with zero attached hydrogens (tertiary/aromatic N) is 3. The Labute approximate surface area is 249 Å². The van der Waals surface area contributed by atoms with Crippen molar-refractivity contribution in [1.29, 1.82) is 0 Å². The third-order valence-electron chi connectivity index (χ3n) is 6.72. The fraction of sp³-hybridized carbons (Fsp3) is 0.375. The van der Waals surface area contributed by atoms with Crippen LogP contribution in [-0.2, 0) is 32.8 Å². The number of hydrogen-bond acceptors (Lipinski definition) is 4. The molecule has 0 spiro atoms. The quantitative estimate of drug-likeness (QED) is 0.350. The SMILES string of the molecule is Cc1ccc(C)c(N(CC(=O)N(Cc2ccccc2F)C(Cc2ccccc2)C(=O)NC(C)(C)C)S(=O)(=O)N(C)C)c1. The van der Waals surface area contributed by atoms with E-state index in [0.717, 1.165) is 19.7 Å². The van der Waals surface area contributed by atoms with Crippen molar-refractivity contribution >= 4 is 27.7 Å². The van der Waals surface area contributed by atoms with Gasteiger partial charge in [-0.25, -0.2) is 8.70 Å². The predicted octanol–water partition coefficient (Wildman–Crippen LogP) is 4.61. The van der Waals surface area contributed by atoms with Crippen LogP contribution in [0.1, 0.15) is 43.0 Å². The van der Waals surface area contributed by atoms with Gasteiger partial charge in [0.1, 0.15) is 18.4 Å². The Morgan fingerprint density at radius 3 is 2.14 bits per heavy atom. The fourth-order valence-electron chi connectivity index (χ4n) is 4.51. The number of amides is 2. The number of aryl methyl sites for hydroxylation is 2. The number of benzene rings is 3. The third-order valence-corrected chi connectivity index (χ3v) is 8.53. The Balaban J connectivity index is 2.16. The first-order valence-electron chi connectivity index (χ1n) is 13.8. The van der Waals surface area contributed by atoms with Crippen LogP contribution in [0.3, 0.4) is 0 Å². The van der Waals surface area contributed by atoms with Crippen LogP contribution in [0.15, 0.2) is 72.8 Å². The number of nitrogens with one attached hydrogen (secondary N) is 1. The van der Waals surface area contributed by atoms with Gasteiger partial charge >= 0.3 is 10.2 Å². The zero-order chi connectivity index (χ0) is 31.2. The molecule has 0 aliphatic rings. The molecule has 0 saturated heterocycles. The molecule has 10 heteroatoms. The Bertz CT molecular complexity index is 1500. The van der Waals surface area contributed by atoms with Crippen molar-refractivity contribution in [2.75, 3.05) is 24.9 Å². The van der Waals surface area contributed by atoms with Crippen LogP contribution in [0.2, 0.25) is 0 Å². The molecule has 0 saturated carbocycles. The average Bonchev–Trinajstić information content (AvgIpc) is 2.91. The molecule has 0 aliphatic carbocycles. The van der Waals surface area contributed by atoms with Crippen molar-refractivity contribution in [1.82, 2.24) is 14.5 Å². The van der Waals surface area contributed by atoms with E-state index in [1.807, 2.05) is 64.1 Å². The van der Waals surface area contributed by atoms with E-state index in [2.05, 4.69) is 5.32 Å². The van der Waals surface area contributed by atoms with Crippen LogP contribution in [0, 0.1) is 19.7 Å². The summed E-state index contributed by atoms with van der Waals surface area (Å²) in [5, 5.41) is 2.96. The van der Waals surface area contributed by atoms with Gasteiger partial charge in [0.05, 0.1) is 5.69 Å². The molecule has 0 bridgehead atoms. The molecule has 0 radical (unpaired) electrons. The molecule has 8 nitrogen and oxygen atoms in total. The molecule has 3 aromatic rings. The van der Waals surface area contributed by atoms with Gasteiger partial charge in [0.15, 0.2) is 0 Å². The predicted molar refractivity (Wildman–Crippen MR) is 165 cm³/mol. The highest BCUT2D eigenvalue weighted by Crippen LogP contribution is 2.26. The lowest BCUT2D eigenvalue weighted by atomic mass is 10.0. The maximum atomic E-state index is 14.9. The van der Waals surface area contributed by atoms with Crippen LogP contribution >= 0.6 is 0 Å². The van der Waals surface area contributed by atoms with E-state index < -0.39 is 46.0 Å². The number of rotatable bonds is 11. The standard InChI is InChI=1S/C32H41FN4O4S/c1-23-17-18-24(2)28(19-23)37(42(40,41)35(6)7)22-30(38)36(21-26-15-11-12-16-27(26)33)29(31(39)34-32(3,4)5)20-25-13-9-8-10-14-25/h8-19,29H,20-22H2,1-7H3,(H,34,39). The topological polar surface area (TPSA) is 90.0 Å². The second-order valence-electron chi connectivity index (χ2n) is 11.6. The van der Waals surface area contributed by atoms with Gasteiger partial charge in [-0.1, -0.05) is 60.7 Å². The van der Waals surface area contributed by atoms with Gasteiger partial charge in [0.25, 0.3) is 0 Å². The summed E-state index contributed by atoms with van der Waals surface area (Å²) in [5.41, 5.74) is 2.22. The van der Waals surface area contributed by atoms with Crippen molar-refractivity contribution in [2.24, 2.45) is 0 Å². The van der Waals surface area contributed by atoms with E-state index in [1.54, 1.807) is 37.3 Å². The Kier molecular flexibility index (Phi) is 10.5. The van der Waals surface area contributed by atoms with Gasteiger partial charge in [0, 0.05) is 38.2 Å². The molecule has 0 fully saturated rings. The Morgan fingerprint density at radius 1 is 0.929 bits per heavy atom. The van der Waals surface area contributed by atoms with Gasteiger partial charge in [-0.2, -0.15) is 12.7 Å². The van der Waals surface area contributed by atoms with Gasteiger partial charge in [-0.3, -0.25) is 9.59 Å². The number of carbonyl (C=O) groups is 2. The van der Waals surface area contributed by atoms with Crippen molar-refractivity contribution < 1.29 is 22.4 Å². The van der Waals surface area contributed by atoms with Crippen molar-refractivity contribution in [3.8, 4) is 0 Å². The first-order valence-corrected chi connectivity index (χ1v) is 15.2. The van der Waals surface area contributed by atoms with Crippen LogP contribution in [0.25, 0.3) is 0 Å². The Hall–Kier alpha value is -3.76. The monoisotopic (exact) mass is 596 g/mol. The fourth-order valence-corrected chi connectivity index (χ4v) is 5.62. The molecule has 3 aromatic carbocycles. The van der Waals surface area contributed by atoms with E-state index >= 15 is 0 Å². The van der Waals surface area contributed by atoms with E-state index in [9.17, 15) is 22.4 Å². The summed E-state index contributed by atoms with van der Waals surface area (Å²) in [7, 11) is -1.34. The first kappa shape index (κ1) is 32.8. The van der Waals surface area contributed by atoms with E-state index in [4.69, 9.17) is 0 Å². The highest BCUT2D eigenvalue weighted by atomic mass is 32.2. The summed E-state index contributed by atoms with van der Waals surface area (Å²) < 4.78 is 44.2. The van der Waals surface area contributed by atoms with E-state index in [0.29, 0.717) is 11.3 Å². The molecule has 2 amide bonds. The van der Waals surface area contributed by atoms with Crippen LogP contribution in [0.4, 0.5) is 10.1 Å². The van der Waals surface area contributed by atoms with Crippen molar-refractivity contribution in [3.63, 3.8) is 0 Å². The summed E-state index contributed by atoms with van der Waals surface area (Å²) in [5.74, 6) is -1.60. The second kappa shape index (κ2) is 13.5. The normalized spacial score (nSPS) is 12.6.